The van der Waals surface area contributed by atoms with Gasteiger partial charge in [-0.25, -0.2) is 14.4 Å². The van der Waals surface area contributed by atoms with Gasteiger partial charge in [-0.1, -0.05) is 11.6 Å². The number of hydrogen-bond donors (Lipinski definition) is 2. The number of anilines is 2. The van der Waals surface area contributed by atoms with Crippen molar-refractivity contribution in [2.75, 3.05) is 12.4 Å². The highest BCUT2D eigenvalue weighted by Crippen LogP contribution is 2.32. The number of methoxy groups -OCH3 is 1. The molecule has 0 aliphatic carbocycles. The first-order chi connectivity index (χ1) is 13.5. The molecule has 2 aromatic heterocycles. The number of nitrogens with one attached hydrogen (secondary N) is 1. The lowest BCUT2D eigenvalue weighted by atomic mass is 10.1. The number of halogens is 3. The fraction of sp³-hybridized carbons (Fsp3) is 0.0526. The van der Waals surface area contributed by atoms with Crippen LogP contribution in [0.1, 0.15) is 0 Å². The molecule has 0 saturated carbocycles. The molecule has 0 unspecified atom stereocenters. The first kappa shape index (κ1) is 18.5. The topological polar surface area (TPSA) is 51.5 Å². The van der Waals surface area contributed by atoms with Gasteiger partial charge in [0.25, 0.3) is 0 Å². The van der Waals surface area contributed by atoms with E-state index >= 15 is 0 Å². The van der Waals surface area contributed by atoms with Crippen LogP contribution in [-0.2, 0) is 0 Å². The molecule has 2 aromatic carbocycles. The summed E-state index contributed by atoms with van der Waals surface area (Å²) in [5.74, 6) is -1.79. The molecular formula is C19H13ClF2N4OS. The molecule has 0 aliphatic rings. The molecule has 142 valence electrons. The average molecular weight is 419 g/mol. The van der Waals surface area contributed by atoms with Crippen molar-refractivity contribution in [2.24, 2.45) is 0 Å². The third kappa shape index (κ3) is 3.14. The monoisotopic (exact) mass is 418 g/mol. The van der Waals surface area contributed by atoms with Gasteiger partial charge in [-0.05, 0) is 30.3 Å². The summed E-state index contributed by atoms with van der Waals surface area (Å²) >= 11 is 10.3. The van der Waals surface area contributed by atoms with Crippen LogP contribution in [0.4, 0.5) is 20.3 Å². The normalized spacial score (nSPS) is 11.0. The summed E-state index contributed by atoms with van der Waals surface area (Å²) in [6.07, 6.45) is 4.61. The molecule has 0 saturated heterocycles. The van der Waals surface area contributed by atoms with Crippen LogP contribution in [0, 0.1) is 11.6 Å². The molecule has 9 heteroatoms. The third-order valence-corrected chi connectivity index (χ3v) is 5.02. The zero-order chi connectivity index (χ0) is 19.8. The van der Waals surface area contributed by atoms with Crippen molar-refractivity contribution in [3.8, 4) is 17.0 Å². The highest BCUT2D eigenvalue weighted by molar-refractivity contribution is 7.80. The Morgan fingerprint density at radius 3 is 2.71 bits per heavy atom. The summed E-state index contributed by atoms with van der Waals surface area (Å²) < 4.78 is 35.1. The number of aromatic nitrogens is 3. The minimum atomic E-state index is -1.05. The Morgan fingerprint density at radius 2 is 1.96 bits per heavy atom. The van der Waals surface area contributed by atoms with E-state index in [9.17, 15) is 8.78 Å². The first-order valence-electron chi connectivity index (χ1n) is 8.09. The number of thiol groups is 1. The summed E-state index contributed by atoms with van der Waals surface area (Å²) in [5.41, 5.74) is 1.57. The number of benzene rings is 2. The van der Waals surface area contributed by atoms with Crippen molar-refractivity contribution in [1.82, 2.24) is 14.4 Å². The Balaban J connectivity index is 1.79. The smallest absolute Gasteiger partial charge is 0.201 e. The molecule has 0 radical (unpaired) electrons. The van der Waals surface area contributed by atoms with Gasteiger partial charge in [-0.15, -0.1) is 12.6 Å². The lowest BCUT2D eigenvalue weighted by Crippen LogP contribution is -2.00. The van der Waals surface area contributed by atoms with Gasteiger partial charge in [0.1, 0.15) is 0 Å². The zero-order valence-electron chi connectivity index (χ0n) is 14.4. The number of fused-ring (bicyclic) bond motifs is 1. The molecule has 1 N–H and O–H groups in total. The van der Waals surface area contributed by atoms with Crippen molar-refractivity contribution in [2.45, 2.75) is 4.90 Å². The fourth-order valence-corrected chi connectivity index (χ4v) is 3.13. The van der Waals surface area contributed by atoms with Crippen molar-refractivity contribution >= 4 is 41.4 Å². The Hall–Kier alpha value is -2.84. The highest BCUT2D eigenvalue weighted by atomic mass is 35.5. The van der Waals surface area contributed by atoms with Gasteiger partial charge in [0.05, 0.1) is 24.0 Å². The molecule has 5 nitrogen and oxygen atoms in total. The summed E-state index contributed by atoms with van der Waals surface area (Å²) in [6, 6.07) is 8.06. The molecule has 0 atom stereocenters. The number of ether oxygens (including phenoxy) is 1. The molecule has 0 amide bonds. The SMILES string of the molecule is COc1ccc(-c2cnc3c(Nc4ccc(S)c(Cl)c4)nccn23)c(F)c1F. The summed E-state index contributed by atoms with van der Waals surface area (Å²) in [5, 5.41) is 3.61. The average Bonchev–Trinajstić information content (AvgIpc) is 3.12. The van der Waals surface area contributed by atoms with E-state index in [1.807, 2.05) is 0 Å². The Morgan fingerprint density at radius 1 is 1.14 bits per heavy atom. The van der Waals surface area contributed by atoms with Gasteiger partial charge in [-0.2, -0.15) is 4.39 Å². The van der Waals surface area contributed by atoms with E-state index in [2.05, 4.69) is 27.9 Å². The second-order valence-corrected chi connectivity index (χ2v) is 6.74. The lowest BCUT2D eigenvalue weighted by Gasteiger charge is -2.10. The second kappa shape index (κ2) is 7.29. The Bertz CT molecular complexity index is 1200. The maximum Gasteiger partial charge on any atom is 0.201 e. The molecule has 4 aromatic rings. The number of hydrogen-bond acceptors (Lipinski definition) is 5. The molecule has 0 spiro atoms. The third-order valence-electron chi connectivity index (χ3n) is 4.18. The maximum atomic E-state index is 14.5. The molecule has 2 heterocycles. The molecule has 28 heavy (non-hydrogen) atoms. The molecule has 0 aliphatic heterocycles. The van der Waals surface area contributed by atoms with E-state index in [1.165, 1.54) is 31.6 Å². The quantitative estimate of drug-likeness (QED) is 0.437. The van der Waals surface area contributed by atoms with E-state index in [1.54, 1.807) is 28.8 Å². The van der Waals surface area contributed by atoms with Crippen molar-refractivity contribution < 1.29 is 13.5 Å². The van der Waals surface area contributed by atoms with Crippen LogP contribution < -0.4 is 10.1 Å². The molecule has 4 rings (SSSR count). The largest absolute Gasteiger partial charge is 0.494 e. The van der Waals surface area contributed by atoms with Crippen LogP contribution >= 0.6 is 24.2 Å². The summed E-state index contributed by atoms with van der Waals surface area (Å²) in [6.45, 7) is 0. The van der Waals surface area contributed by atoms with Gasteiger partial charge in [0.2, 0.25) is 5.82 Å². The van der Waals surface area contributed by atoms with Gasteiger partial charge >= 0.3 is 0 Å². The second-order valence-electron chi connectivity index (χ2n) is 5.85. The van der Waals surface area contributed by atoms with E-state index in [-0.39, 0.29) is 11.3 Å². The first-order valence-corrected chi connectivity index (χ1v) is 8.92. The predicted molar refractivity (Wildman–Crippen MR) is 107 cm³/mol. The van der Waals surface area contributed by atoms with Crippen molar-refractivity contribution in [3.63, 3.8) is 0 Å². The lowest BCUT2D eigenvalue weighted by molar-refractivity contribution is 0.372. The van der Waals surface area contributed by atoms with Gasteiger partial charge < -0.3 is 10.1 Å². The van der Waals surface area contributed by atoms with Crippen LogP contribution in [-0.4, -0.2) is 21.5 Å². The van der Waals surface area contributed by atoms with Crippen molar-refractivity contribution in [1.29, 1.82) is 0 Å². The highest BCUT2D eigenvalue weighted by Gasteiger charge is 2.19. The molecule has 0 bridgehead atoms. The van der Waals surface area contributed by atoms with Crippen LogP contribution in [0.5, 0.6) is 5.75 Å². The Labute approximate surface area is 169 Å². The maximum absolute atomic E-state index is 14.5. The zero-order valence-corrected chi connectivity index (χ0v) is 16.1. The van der Waals surface area contributed by atoms with E-state index < -0.39 is 11.6 Å². The van der Waals surface area contributed by atoms with Crippen LogP contribution in [0.25, 0.3) is 16.9 Å². The van der Waals surface area contributed by atoms with E-state index in [4.69, 9.17) is 16.3 Å². The number of nitrogens with zero attached hydrogens (tertiary/aromatic N) is 3. The van der Waals surface area contributed by atoms with Gasteiger partial charge in [-0.3, -0.25) is 4.40 Å². The van der Waals surface area contributed by atoms with E-state index in [0.29, 0.717) is 32.8 Å². The Kier molecular flexibility index (Phi) is 4.82. The van der Waals surface area contributed by atoms with Crippen LogP contribution in [0.2, 0.25) is 5.02 Å². The summed E-state index contributed by atoms with van der Waals surface area (Å²) in [7, 11) is 1.28. The molecule has 0 fully saturated rings. The predicted octanol–water partition coefficient (Wildman–Crippen LogP) is 5.37. The standard InChI is InChI=1S/C19H13ClF2N4OS/c1-27-14-4-3-11(16(21)17(14)22)13-9-24-19-18(23-6-7-26(13)19)25-10-2-5-15(28)12(20)8-10/h2-9,28H,1H3,(H,23,25). The van der Waals surface area contributed by atoms with Crippen LogP contribution in [0.15, 0.2) is 53.8 Å². The summed E-state index contributed by atoms with van der Waals surface area (Å²) in [4.78, 5) is 9.25. The minimum absolute atomic E-state index is 0.0606. The minimum Gasteiger partial charge on any atom is -0.494 e. The fourth-order valence-electron chi connectivity index (χ4n) is 2.82. The number of imidazole rings is 1. The van der Waals surface area contributed by atoms with Crippen molar-refractivity contribution in [3.05, 3.63) is 65.6 Å². The van der Waals surface area contributed by atoms with E-state index in [0.717, 1.165) is 0 Å². The van der Waals surface area contributed by atoms with Crippen LogP contribution in [0.3, 0.4) is 0 Å². The van der Waals surface area contributed by atoms with Gasteiger partial charge in [0, 0.05) is 28.5 Å². The van der Waals surface area contributed by atoms with Gasteiger partial charge in [0.15, 0.2) is 23.0 Å². The molecular weight excluding hydrogens is 406 g/mol. The number of rotatable bonds is 4.